The minimum atomic E-state index is -4.88. The van der Waals surface area contributed by atoms with E-state index < -0.39 is 12.1 Å². The van der Waals surface area contributed by atoms with Crippen LogP contribution < -0.4 is 15.8 Å². The summed E-state index contributed by atoms with van der Waals surface area (Å²) in [5.41, 5.74) is 6.74. The molecule has 9 heteroatoms. The highest BCUT2D eigenvalue weighted by Gasteiger charge is 2.38. The van der Waals surface area contributed by atoms with Crippen LogP contribution in [0.5, 0.6) is 5.88 Å². The molecule has 2 rings (SSSR count). The summed E-state index contributed by atoms with van der Waals surface area (Å²) in [6.45, 7) is 0.00751. The van der Waals surface area contributed by atoms with Gasteiger partial charge in [0.25, 0.3) is 0 Å². The number of benzene rings is 1. The van der Waals surface area contributed by atoms with Crippen LogP contribution in [0.4, 0.5) is 19.1 Å². The molecule has 0 saturated heterocycles. The van der Waals surface area contributed by atoms with Crippen molar-refractivity contribution in [3.63, 3.8) is 0 Å². The standard InChI is InChI=1S/C14H13F3N4O2/c15-14(16,17)12(22)20-7-9-1-3-10(4-2-9)8-23-11-5-6-19-13(18)21-11/h1-6H,7-8H2,(H,20,22)(H2,18,19,21). The Balaban J connectivity index is 1.86. The van der Waals surface area contributed by atoms with E-state index in [1.807, 2.05) is 0 Å². The predicted molar refractivity (Wildman–Crippen MR) is 75.1 cm³/mol. The summed E-state index contributed by atoms with van der Waals surface area (Å²) >= 11 is 0. The van der Waals surface area contributed by atoms with Gasteiger partial charge in [-0.3, -0.25) is 4.79 Å². The molecule has 1 amide bonds. The van der Waals surface area contributed by atoms with Crippen molar-refractivity contribution >= 4 is 11.9 Å². The molecule has 122 valence electrons. The Hall–Kier alpha value is -2.84. The van der Waals surface area contributed by atoms with Gasteiger partial charge in [0.05, 0.1) is 0 Å². The predicted octanol–water partition coefficient (Wildman–Crippen LogP) is 1.82. The first-order valence-corrected chi connectivity index (χ1v) is 6.49. The molecule has 0 aliphatic rings. The number of amides is 1. The normalized spacial score (nSPS) is 11.1. The number of alkyl halides is 3. The van der Waals surface area contributed by atoms with E-state index in [2.05, 4.69) is 9.97 Å². The number of nitrogens with one attached hydrogen (secondary N) is 1. The average molecular weight is 326 g/mol. The summed E-state index contributed by atoms with van der Waals surface area (Å²) in [6.07, 6.45) is -3.42. The van der Waals surface area contributed by atoms with Crippen molar-refractivity contribution in [2.75, 3.05) is 5.73 Å². The van der Waals surface area contributed by atoms with Crippen molar-refractivity contribution in [2.24, 2.45) is 0 Å². The van der Waals surface area contributed by atoms with Gasteiger partial charge in [0.2, 0.25) is 11.8 Å². The highest BCUT2D eigenvalue weighted by atomic mass is 19.4. The molecule has 0 bridgehead atoms. The Kier molecular flexibility index (Phi) is 4.99. The lowest BCUT2D eigenvalue weighted by atomic mass is 10.1. The number of hydrogen-bond acceptors (Lipinski definition) is 5. The van der Waals surface area contributed by atoms with Crippen LogP contribution in [0.25, 0.3) is 0 Å². The second-order valence-corrected chi connectivity index (χ2v) is 4.54. The third-order valence-corrected chi connectivity index (χ3v) is 2.77. The van der Waals surface area contributed by atoms with E-state index in [4.69, 9.17) is 10.5 Å². The molecule has 6 nitrogen and oxygen atoms in total. The number of anilines is 1. The van der Waals surface area contributed by atoms with Crippen molar-refractivity contribution in [1.29, 1.82) is 0 Å². The molecular formula is C14H13F3N4O2. The molecule has 1 aromatic carbocycles. The fourth-order valence-electron chi connectivity index (χ4n) is 1.63. The lowest BCUT2D eigenvalue weighted by molar-refractivity contribution is -0.173. The van der Waals surface area contributed by atoms with Crippen molar-refractivity contribution in [1.82, 2.24) is 15.3 Å². The van der Waals surface area contributed by atoms with E-state index >= 15 is 0 Å². The summed E-state index contributed by atoms with van der Waals surface area (Å²) in [6, 6.07) is 8.12. The lowest BCUT2D eigenvalue weighted by Gasteiger charge is -2.09. The number of carbonyl (C=O) groups is 1. The zero-order chi connectivity index (χ0) is 16.9. The highest BCUT2D eigenvalue weighted by Crippen LogP contribution is 2.15. The minimum absolute atomic E-state index is 0.0956. The SMILES string of the molecule is Nc1nccc(OCc2ccc(CNC(=O)C(F)(F)F)cc2)n1. The number of carbonyl (C=O) groups excluding carboxylic acids is 1. The van der Waals surface area contributed by atoms with Crippen LogP contribution >= 0.6 is 0 Å². The zero-order valence-electron chi connectivity index (χ0n) is 11.8. The maximum Gasteiger partial charge on any atom is 0.471 e. The van der Waals surface area contributed by atoms with Gasteiger partial charge in [-0.1, -0.05) is 24.3 Å². The summed E-state index contributed by atoms with van der Waals surface area (Å²) in [5.74, 6) is -1.55. The second kappa shape index (κ2) is 6.95. The Morgan fingerprint density at radius 2 is 1.83 bits per heavy atom. The first kappa shape index (κ1) is 16.5. The molecule has 23 heavy (non-hydrogen) atoms. The highest BCUT2D eigenvalue weighted by molar-refractivity contribution is 5.81. The topological polar surface area (TPSA) is 90.1 Å². The minimum Gasteiger partial charge on any atom is -0.473 e. The number of aromatic nitrogens is 2. The Morgan fingerprint density at radius 3 is 2.43 bits per heavy atom. The van der Waals surface area contributed by atoms with Crippen LogP contribution in [-0.2, 0) is 17.9 Å². The molecule has 2 aromatic rings. The number of halogens is 3. The summed E-state index contributed by atoms with van der Waals surface area (Å²) < 4.78 is 41.6. The van der Waals surface area contributed by atoms with Gasteiger partial charge >= 0.3 is 12.1 Å². The van der Waals surface area contributed by atoms with Crippen LogP contribution in [0, 0.1) is 0 Å². The monoisotopic (exact) mass is 326 g/mol. The second-order valence-electron chi connectivity index (χ2n) is 4.54. The molecule has 0 fully saturated rings. The van der Waals surface area contributed by atoms with Crippen LogP contribution in [0.2, 0.25) is 0 Å². The quantitative estimate of drug-likeness (QED) is 0.875. The third-order valence-electron chi connectivity index (χ3n) is 2.77. The number of nitrogens with zero attached hydrogens (tertiary/aromatic N) is 2. The van der Waals surface area contributed by atoms with Gasteiger partial charge in [-0.05, 0) is 11.1 Å². The number of nitrogens with two attached hydrogens (primary N) is 1. The van der Waals surface area contributed by atoms with Gasteiger partial charge in [0.15, 0.2) is 0 Å². The van der Waals surface area contributed by atoms with E-state index in [-0.39, 0.29) is 19.1 Å². The maximum atomic E-state index is 12.1. The largest absolute Gasteiger partial charge is 0.473 e. The van der Waals surface area contributed by atoms with E-state index in [1.165, 1.54) is 6.20 Å². The van der Waals surface area contributed by atoms with Gasteiger partial charge in [-0.15, -0.1) is 0 Å². The summed E-state index contributed by atoms with van der Waals surface area (Å²) in [4.78, 5) is 18.3. The van der Waals surface area contributed by atoms with E-state index in [9.17, 15) is 18.0 Å². The molecule has 0 radical (unpaired) electrons. The Morgan fingerprint density at radius 1 is 1.17 bits per heavy atom. The van der Waals surface area contributed by atoms with E-state index in [1.54, 1.807) is 35.6 Å². The van der Waals surface area contributed by atoms with E-state index in [0.717, 1.165) is 5.56 Å². The van der Waals surface area contributed by atoms with Gasteiger partial charge in [0, 0.05) is 18.8 Å². The van der Waals surface area contributed by atoms with Crippen LogP contribution in [0.1, 0.15) is 11.1 Å². The zero-order valence-corrected chi connectivity index (χ0v) is 11.8. The molecule has 0 atom stereocenters. The van der Waals surface area contributed by atoms with Gasteiger partial charge in [0.1, 0.15) is 6.61 Å². The maximum absolute atomic E-state index is 12.1. The smallest absolute Gasteiger partial charge is 0.471 e. The third kappa shape index (κ3) is 5.13. The van der Waals surface area contributed by atoms with Gasteiger partial charge < -0.3 is 15.8 Å². The molecule has 1 heterocycles. The number of hydrogen-bond donors (Lipinski definition) is 2. The molecule has 0 spiro atoms. The first-order valence-electron chi connectivity index (χ1n) is 6.49. The fourth-order valence-corrected chi connectivity index (χ4v) is 1.63. The summed E-state index contributed by atoms with van der Waals surface area (Å²) in [5, 5.41) is 1.80. The molecule has 1 aromatic heterocycles. The molecular weight excluding hydrogens is 313 g/mol. The Bertz CT molecular complexity index is 674. The molecule has 0 aliphatic carbocycles. The molecule has 0 unspecified atom stereocenters. The van der Waals surface area contributed by atoms with Crippen LogP contribution in [-0.4, -0.2) is 22.1 Å². The summed E-state index contributed by atoms with van der Waals surface area (Å²) in [7, 11) is 0. The number of rotatable bonds is 5. The van der Waals surface area contributed by atoms with Gasteiger partial charge in [-0.25, -0.2) is 4.98 Å². The van der Waals surface area contributed by atoms with Crippen LogP contribution in [0.15, 0.2) is 36.5 Å². The number of ether oxygens (including phenoxy) is 1. The van der Waals surface area contributed by atoms with Crippen LogP contribution in [0.3, 0.4) is 0 Å². The number of nitrogen functional groups attached to an aromatic ring is 1. The van der Waals surface area contributed by atoms with Crippen molar-refractivity contribution in [2.45, 2.75) is 19.3 Å². The first-order chi connectivity index (χ1) is 10.8. The lowest BCUT2D eigenvalue weighted by Crippen LogP contribution is -2.36. The Labute approximate surface area is 129 Å². The molecule has 0 saturated carbocycles. The molecule has 3 N–H and O–H groups in total. The van der Waals surface area contributed by atoms with Crippen molar-refractivity contribution < 1.29 is 22.7 Å². The van der Waals surface area contributed by atoms with Crippen molar-refractivity contribution in [3.8, 4) is 5.88 Å². The van der Waals surface area contributed by atoms with Gasteiger partial charge in [-0.2, -0.15) is 18.2 Å². The van der Waals surface area contributed by atoms with Crippen molar-refractivity contribution in [3.05, 3.63) is 47.7 Å². The molecule has 0 aliphatic heterocycles. The van der Waals surface area contributed by atoms with E-state index in [0.29, 0.717) is 11.4 Å². The fraction of sp³-hybridized carbons (Fsp3) is 0.214. The average Bonchev–Trinajstić information content (AvgIpc) is 2.51.